The van der Waals surface area contributed by atoms with Crippen molar-refractivity contribution < 1.29 is 18.8 Å². The molecule has 2 aliphatic heterocycles. The molecule has 0 radical (unpaired) electrons. The zero-order valence-electron chi connectivity index (χ0n) is 19.3. The Balaban J connectivity index is 1.55. The molecule has 4 rings (SSSR count). The number of nitrogens with zero attached hydrogens (tertiary/aromatic N) is 3. The summed E-state index contributed by atoms with van der Waals surface area (Å²) in [6.07, 6.45) is 1.59. The van der Waals surface area contributed by atoms with Gasteiger partial charge in [0.15, 0.2) is 0 Å². The Hall–Kier alpha value is -3.03. The largest absolute Gasteiger partial charge is 0.485 e. The van der Waals surface area contributed by atoms with Crippen LogP contribution in [0.2, 0.25) is 0 Å². The predicted molar refractivity (Wildman–Crippen MR) is 119 cm³/mol. The predicted octanol–water partition coefficient (Wildman–Crippen LogP) is 3.21. The van der Waals surface area contributed by atoms with Crippen LogP contribution in [0, 0.1) is 13.8 Å². The maximum absolute atomic E-state index is 13.4. The number of benzene rings is 1. The van der Waals surface area contributed by atoms with E-state index in [2.05, 4.69) is 10.5 Å². The van der Waals surface area contributed by atoms with Crippen LogP contribution in [0.15, 0.2) is 28.8 Å². The Morgan fingerprint density at radius 1 is 1.16 bits per heavy atom. The highest BCUT2D eigenvalue weighted by atomic mass is 16.5. The van der Waals surface area contributed by atoms with Gasteiger partial charge in [0, 0.05) is 49.6 Å². The van der Waals surface area contributed by atoms with E-state index in [9.17, 15) is 9.59 Å². The van der Waals surface area contributed by atoms with Crippen molar-refractivity contribution in [3.63, 3.8) is 0 Å². The van der Waals surface area contributed by atoms with Gasteiger partial charge >= 0.3 is 6.03 Å². The molecule has 3 heterocycles. The molecule has 1 aromatic heterocycles. The molecule has 0 aliphatic carbocycles. The lowest BCUT2D eigenvalue weighted by Gasteiger charge is -2.42. The van der Waals surface area contributed by atoms with E-state index in [-0.39, 0.29) is 24.4 Å². The number of amides is 3. The van der Waals surface area contributed by atoms with Gasteiger partial charge in [-0.15, -0.1) is 0 Å². The van der Waals surface area contributed by atoms with Crippen LogP contribution in [-0.2, 0) is 17.8 Å². The number of aryl methyl sites for hydroxylation is 2. The summed E-state index contributed by atoms with van der Waals surface area (Å²) in [5.74, 6) is 1.53. The zero-order chi connectivity index (χ0) is 22.9. The molecule has 3 amide bonds. The minimum absolute atomic E-state index is 0.0269. The number of nitrogens with one attached hydrogen (secondary N) is 1. The fourth-order valence-corrected chi connectivity index (χ4v) is 4.52. The van der Waals surface area contributed by atoms with E-state index in [0.717, 1.165) is 22.6 Å². The molecule has 0 bridgehead atoms. The summed E-state index contributed by atoms with van der Waals surface area (Å²) in [7, 11) is 0. The van der Waals surface area contributed by atoms with Crippen molar-refractivity contribution in [1.82, 2.24) is 20.3 Å². The summed E-state index contributed by atoms with van der Waals surface area (Å²) in [6, 6.07) is 7.95. The summed E-state index contributed by atoms with van der Waals surface area (Å²) in [6.45, 7) is 9.77. The van der Waals surface area contributed by atoms with Crippen LogP contribution in [0.25, 0.3) is 0 Å². The normalized spacial score (nSPS) is 17.7. The number of hydrogen-bond acceptors (Lipinski definition) is 5. The lowest BCUT2D eigenvalue weighted by atomic mass is 9.90. The minimum Gasteiger partial charge on any atom is -0.485 e. The Morgan fingerprint density at radius 2 is 1.88 bits per heavy atom. The van der Waals surface area contributed by atoms with Crippen LogP contribution in [0.4, 0.5) is 4.79 Å². The molecule has 32 heavy (non-hydrogen) atoms. The molecular formula is C24H32N4O4. The molecule has 2 aromatic rings. The van der Waals surface area contributed by atoms with E-state index < -0.39 is 5.60 Å². The molecule has 0 atom stereocenters. The molecule has 1 N–H and O–H groups in total. The van der Waals surface area contributed by atoms with Gasteiger partial charge in [0.2, 0.25) is 5.91 Å². The first kappa shape index (κ1) is 22.2. The third-order valence-corrected chi connectivity index (χ3v) is 6.38. The molecule has 172 valence electrons. The fraction of sp³-hybridized carbons (Fsp3) is 0.542. The Bertz CT molecular complexity index is 972. The number of rotatable bonds is 3. The molecule has 1 spiro atoms. The molecule has 8 nitrogen and oxygen atoms in total. The summed E-state index contributed by atoms with van der Waals surface area (Å²) < 4.78 is 11.8. The lowest BCUT2D eigenvalue weighted by Crippen LogP contribution is -2.57. The fourth-order valence-electron chi connectivity index (χ4n) is 4.52. The van der Waals surface area contributed by atoms with Gasteiger partial charge in [-0.25, -0.2) is 4.79 Å². The molecule has 1 fully saturated rings. The van der Waals surface area contributed by atoms with Crippen LogP contribution in [0.5, 0.6) is 5.75 Å². The second-order valence-electron chi connectivity index (χ2n) is 9.21. The van der Waals surface area contributed by atoms with Gasteiger partial charge in [-0.05, 0) is 33.8 Å². The number of ether oxygens (including phenoxy) is 1. The van der Waals surface area contributed by atoms with Crippen molar-refractivity contribution in [3.8, 4) is 5.75 Å². The van der Waals surface area contributed by atoms with E-state index in [1.54, 1.807) is 0 Å². The van der Waals surface area contributed by atoms with Crippen molar-refractivity contribution in [2.45, 2.75) is 65.1 Å². The van der Waals surface area contributed by atoms with Gasteiger partial charge in [-0.3, -0.25) is 4.79 Å². The SMILES string of the molecule is Cc1noc(C)c1CC(=O)N1Cc2ccccc2OC2(CCN(C(=O)NC(C)C)CC2)C1. The van der Waals surface area contributed by atoms with Crippen LogP contribution in [-0.4, -0.2) is 58.2 Å². The number of carbonyl (C=O) groups is 2. The summed E-state index contributed by atoms with van der Waals surface area (Å²) in [5, 5.41) is 6.94. The van der Waals surface area contributed by atoms with E-state index in [1.807, 2.05) is 61.8 Å². The van der Waals surface area contributed by atoms with Gasteiger partial charge in [0.25, 0.3) is 0 Å². The number of likely N-dealkylation sites (tertiary alicyclic amines) is 1. The smallest absolute Gasteiger partial charge is 0.317 e. The maximum Gasteiger partial charge on any atom is 0.317 e. The highest BCUT2D eigenvalue weighted by Gasteiger charge is 2.42. The summed E-state index contributed by atoms with van der Waals surface area (Å²) >= 11 is 0. The second kappa shape index (κ2) is 8.84. The minimum atomic E-state index is -0.518. The molecular weight excluding hydrogens is 408 g/mol. The van der Waals surface area contributed by atoms with Crippen molar-refractivity contribution >= 4 is 11.9 Å². The Morgan fingerprint density at radius 3 is 2.53 bits per heavy atom. The number of para-hydroxylation sites is 1. The van der Waals surface area contributed by atoms with E-state index in [4.69, 9.17) is 9.26 Å². The van der Waals surface area contributed by atoms with Crippen molar-refractivity contribution in [2.24, 2.45) is 0 Å². The maximum atomic E-state index is 13.4. The number of piperidine rings is 1. The van der Waals surface area contributed by atoms with Crippen molar-refractivity contribution in [2.75, 3.05) is 19.6 Å². The second-order valence-corrected chi connectivity index (χ2v) is 9.21. The van der Waals surface area contributed by atoms with Crippen LogP contribution in [0.3, 0.4) is 0 Å². The molecule has 1 saturated heterocycles. The van der Waals surface area contributed by atoms with E-state index in [1.165, 1.54) is 0 Å². The van der Waals surface area contributed by atoms with Crippen LogP contribution >= 0.6 is 0 Å². The molecule has 8 heteroatoms. The average Bonchev–Trinajstić information content (AvgIpc) is 2.97. The summed E-state index contributed by atoms with van der Waals surface area (Å²) in [5.41, 5.74) is 2.08. The number of urea groups is 1. The van der Waals surface area contributed by atoms with Gasteiger partial charge in [-0.1, -0.05) is 23.4 Å². The van der Waals surface area contributed by atoms with Crippen LogP contribution < -0.4 is 10.1 Å². The van der Waals surface area contributed by atoms with Gasteiger partial charge in [0.1, 0.15) is 17.1 Å². The average molecular weight is 441 g/mol. The first-order valence-corrected chi connectivity index (χ1v) is 11.3. The number of aromatic nitrogens is 1. The highest BCUT2D eigenvalue weighted by molar-refractivity contribution is 5.79. The lowest BCUT2D eigenvalue weighted by molar-refractivity contribution is -0.134. The monoisotopic (exact) mass is 440 g/mol. The Labute approximate surface area is 188 Å². The molecule has 0 unspecified atom stereocenters. The standard InChI is InChI=1S/C24H32N4O4/c1-16(2)25-23(30)27-11-9-24(10-12-27)15-28(14-19-7-5-6-8-21(19)31-24)22(29)13-20-17(3)26-32-18(20)4/h5-8,16H,9-15H2,1-4H3,(H,25,30). The molecule has 2 aliphatic rings. The van der Waals surface area contributed by atoms with Gasteiger partial charge < -0.3 is 24.4 Å². The highest BCUT2D eigenvalue weighted by Crippen LogP contribution is 2.36. The zero-order valence-corrected chi connectivity index (χ0v) is 19.3. The third-order valence-electron chi connectivity index (χ3n) is 6.38. The van der Waals surface area contributed by atoms with Crippen molar-refractivity contribution in [3.05, 3.63) is 46.8 Å². The quantitative estimate of drug-likeness (QED) is 0.792. The Kier molecular flexibility index (Phi) is 6.13. The number of fused-ring (bicyclic) bond motifs is 1. The van der Waals surface area contributed by atoms with Gasteiger partial charge in [-0.2, -0.15) is 0 Å². The summed E-state index contributed by atoms with van der Waals surface area (Å²) in [4.78, 5) is 29.6. The third kappa shape index (κ3) is 4.59. The number of carbonyl (C=O) groups excluding carboxylic acids is 2. The van der Waals surface area contributed by atoms with E-state index >= 15 is 0 Å². The number of hydrogen-bond donors (Lipinski definition) is 1. The molecule has 0 saturated carbocycles. The molecule has 1 aromatic carbocycles. The van der Waals surface area contributed by atoms with E-state index in [0.29, 0.717) is 44.8 Å². The first-order valence-electron chi connectivity index (χ1n) is 11.3. The first-order chi connectivity index (χ1) is 15.3. The van der Waals surface area contributed by atoms with Gasteiger partial charge in [0.05, 0.1) is 18.7 Å². The van der Waals surface area contributed by atoms with Crippen LogP contribution in [0.1, 0.15) is 49.3 Å². The van der Waals surface area contributed by atoms with Crippen molar-refractivity contribution in [1.29, 1.82) is 0 Å². The topological polar surface area (TPSA) is 87.9 Å².